The van der Waals surface area contributed by atoms with Crippen molar-refractivity contribution in [3.63, 3.8) is 0 Å². The molecule has 3 rings (SSSR count). The smallest absolute Gasteiger partial charge is 0.255 e. The molecule has 5 nitrogen and oxygen atoms in total. The van der Waals surface area contributed by atoms with Gasteiger partial charge in [-0.1, -0.05) is 39.0 Å². The summed E-state index contributed by atoms with van der Waals surface area (Å²) in [6.45, 7) is 7.95. The predicted molar refractivity (Wildman–Crippen MR) is 105 cm³/mol. The Hall–Kier alpha value is -2.40. The predicted octanol–water partition coefficient (Wildman–Crippen LogP) is 4.22. The maximum Gasteiger partial charge on any atom is 0.255 e. The summed E-state index contributed by atoms with van der Waals surface area (Å²) in [6.07, 6.45) is 4.06. The molecule has 1 aromatic carbocycles. The molecular weight excluding hydrogens is 326 g/mol. The number of amides is 1. The van der Waals surface area contributed by atoms with E-state index >= 15 is 0 Å². The van der Waals surface area contributed by atoms with Gasteiger partial charge in [0.1, 0.15) is 5.82 Å². The minimum Gasteiger partial charge on any atom is -0.376 e. The van der Waals surface area contributed by atoms with Crippen LogP contribution in [0.15, 0.2) is 42.6 Å². The number of para-hydroxylation sites is 1. The molecule has 0 spiro atoms. The summed E-state index contributed by atoms with van der Waals surface area (Å²) in [5.74, 6) is 0.557. The van der Waals surface area contributed by atoms with Crippen LogP contribution in [0.25, 0.3) is 0 Å². The zero-order valence-electron chi connectivity index (χ0n) is 15.7. The van der Waals surface area contributed by atoms with Gasteiger partial charge in [-0.15, -0.1) is 0 Å². The van der Waals surface area contributed by atoms with Gasteiger partial charge in [0.05, 0.1) is 6.10 Å². The summed E-state index contributed by atoms with van der Waals surface area (Å²) in [6, 6.07) is 11.4. The molecule has 2 N–H and O–H groups in total. The second-order valence-electron chi connectivity index (χ2n) is 7.70. The number of pyridine rings is 1. The fourth-order valence-electron chi connectivity index (χ4n) is 3.13. The van der Waals surface area contributed by atoms with Gasteiger partial charge in [-0.2, -0.15) is 0 Å². The van der Waals surface area contributed by atoms with Crippen LogP contribution in [0.3, 0.4) is 0 Å². The van der Waals surface area contributed by atoms with Crippen molar-refractivity contribution in [2.24, 2.45) is 0 Å². The molecule has 138 valence electrons. The first-order valence-corrected chi connectivity index (χ1v) is 9.16. The molecule has 2 aromatic rings. The van der Waals surface area contributed by atoms with Crippen molar-refractivity contribution < 1.29 is 9.53 Å². The van der Waals surface area contributed by atoms with Crippen molar-refractivity contribution >= 4 is 17.4 Å². The highest BCUT2D eigenvalue weighted by molar-refractivity contribution is 6.05. The van der Waals surface area contributed by atoms with E-state index in [4.69, 9.17) is 4.74 Å². The molecule has 1 aliphatic heterocycles. The minimum absolute atomic E-state index is 0.0455. The highest BCUT2D eigenvalue weighted by atomic mass is 16.5. The highest BCUT2D eigenvalue weighted by Crippen LogP contribution is 2.29. The SMILES string of the molecule is CC(C)(C)c1ccccc1NC(=O)c1ccnc(NCC2CCCO2)c1. The van der Waals surface area contributed by atoms with Gasteiger partial charge in [-0.25, -0.2) is 4.98 Å². The van der Waals surface area contributed by atoms with Crippen LogP contribution in [0.2, 0.25) is 0 Å². The van der Waals surface area contributed by atoms with Crippen molar-refractivity contribution in [1.82, 2.24) is 4.98 Å². The number of rotatable bonds is 5. The Kier molecular flexibility index (Phi) is 5.57. The molecule has 26 heavy (non-hydrogen) atoms. The third kappa shape index (κ3) is 4.61. The van der Waals surface area contributed by atoms with E-state index in [9.17, 15) is 4.79 Å². The van der Waals surface area contributed by atoms with Crippen molar-refractivity contribution in [1.29, 1.82) is 0 Å². The normalized spacial score (nSPS) is 17.1. The lowest BCUT2D eigenvalue weighted by Crippen LogP contribution is -2.20. The highest BCUT2D eigenvalue weighted by Gasteiger charge is 2.19. The van der Waals surface area contributed by atoms with Gasteiger partial charge in [-0.05, 0) is 42.0 Å². The van der Waals surface area contributed by atoms with E-state index in [0.29, 0.717) is 17.9 Å². The lowest BCUT2D eigenvalue weighted by molar-refractivity contribution is 0.102. The largest absolute Gasteiger partial charge is 0.376 e. The van der Waals surface area contributed by atoms with E-state index in [1.165, 1.54) is 0 Å². The number of carbonyl (C=O) groups excluding carboxylic acids is 1. The molecule has 1 fully saturated rings. The Morgan fingerprint density at radius 1 is 1.27 bits per heavy atom. The summed E-state index contributed by atoms with van der Waals surface area (Å²) >= 11 is 0. The van der Waals surface area contributed by atoms with E-state index in [2.05, 4.69) is 42.5 Å². The van der Waals surface area contributed by atoms with E-state index in [0.717, 1.165) is 30.7 Å². The Morgan fingerprint density at radius 3 is 2.81 bits per heavy atom. The fraction of sp³-hybridized carbons (Fsp3) is 0.429. The first-order chi connectivity index (χ1) is 12.4. The third-order valence-electron chi connectivity index (χ3n) is 4.54. The molecule has 1 amide bonds. The van der Waals surface area contributed by atoms with E-state index in [1.54, 1.807) is 18.3 Å². The molecule has 1 atom stereocenters. The van der Waals surface area contributed by atoms with Crippen LogP contribution in [0, 0.1) is 0 Å². The summed E-state index contributed by atoms with van der Waals surface area (Å²) < 4.78 is 5.61. The lowest BCUT2D eigenvalue weighted by Gasteiger charge is -2.23. The monoisotopic (exact) mass is 353 g/mol. The number of hydrogen-bond acceptors (Lipinski definition) is 4. The van der Waals surface area contributed by atoms with Crippen molar-refractivity contribution in [2.45, 2.75) is 45.1 Å². The van der Waals surface area contributed by atoms with Gasteiger partial charge in [0.25, 0.3) is 5.91 Å². The van der Waals surface area contributed by atoms with Crippen molar-refractivity contribution in [3.05, 3.63) is 53.7 Å². The van der Waals surface area contributed by atoms with Crippen LogP contribution in [0.4, 0.5) is 11.5 Å². The van der Waals surface area contributed by atoms with E-state index in [-0.39, 0.29) is 17.4 Å². The van der Waals surface area contributed by atoms with E-state index in [1.807, 2.05) is 18.2 Å². The molecule has 0 aliphatic carbocycles. The first-order valence-electron chi connectivity index (χ1n) is 9.16. The van der Waals surface area contributed by atoms with E-state index < -0.39 is 0 Å². The van der Waals surface area contributed by atoms with Crippen molar-refractivity contribution in [2.75, 3.05) is 23.8 Å². The number of hydrogen-bond donors (Lipinski definition) is 2. The standard InChI is InChI=1S/C21H27N3O2/c1-21(2,3)17-8-4-5-9-18(17)24-20(25)15-10-11-22-19(13-15)23-14-16-7-6-12-26-16/h4-5,8-11,13,16H,6-7,12,14H2,1-3H3,(H,22,23)(H,24,25). The summed E-state index contributed by atoms with van der Waals surface area (Å²) in [5.41, 5.74) is 2.49. The van der Waals surface area contributed by atoms with Crippen molar-refractivity contribution in [3.8, 4) is 0 Å². The summed E-state index contributed by atoms with van der Waals surface area (Å²) in [4.78, 5) is 17.0. The number of carbonyl (C=O) groups is 1. The van der Waals surface area contributed by atoms with Crippen LogP contribution in [0.5, 0.6) is 0 Å². The number of aromatic nitrogens is 1. The Labute approximate surface area is 155 Å². The maximum atomic E-state index is 12.7. The van der Waals surface area contributed by atoms with Gasteiger partial charge >= 0.3 is 0 Å². The van der Waals surface area contributed by atoms with Crippen LogP contribution in [0.1, 0.15) is 49.5 Å². The Morgan fingerprint density at radius 2 is 2.08 bits per heavy atom. The zero-order valence-corrected chi connectivity index (χ0v) is 15.7. The maximum absolute atomic E-state index is 12.7. The second kappa shape index (κ2) is 7.87. The van der Waals surface area contributed by atoms with Gasteiger partial charge < -0.3 is 15.4 Å². The molecule has 1 unspecified atom stereocenters. The number of nitrogens with one attached hydrogen (secondary N) is 2. The Balaban J connectivity index is 1.69. The number of benzene rings is 1. The molecular formula is C21H27N3O2. The average Bonchev–Trinajstić information content (AvgIpc) is 3.13. The number of ether oxygens (including phenoxy) is 1. The quantitative estimate of drug-likeness (QED) is 0.845. The lowest BCUT2D eigenvalue weighted by atomic mass is 9.86. The second-order valence-corrected chi connectivity index (χ2v) is 7.70. The average molecular weight is 353 g/mol. The van der Waals surface area contributed by atoms with Crippen LogP contribution < -0.4 is 10.6 Å². The van der Waals surface area contributed by atoms with Gasteiger partial charge in [-0.3, -0.25) is 4.79 Å². The third-order valence-corrected chi connectivity index (χ3v) is 4.54. The molecule has 5 heteroatoms. The van der Waals surface area contributed by atoms with Gasteiger partial charge in [0.15, 0.2) is 0 Å². The summed E-state index contributed by atoms with van der Waals surface area (Å²) in [5, 5.41) is 6.30. The van der Waals surface area contributed by atoms with Crippen LogP contribution in [-0.2, 0) is 10.2 Å². The summed E-state index contributed by atoms with van der Waals surface area (Å²) in [7, 11) is 0. The molecule has 0 bridgehead atoms. The minimum atomic E-state index is -0.135. The molecule has 1 saturated heterocycles. The topological polar surface area (TPSA) is 63.2 Å². The fourth-order valence-corrected chi connectivity index (χ4v) is 3.13. The van der Waals surface area contributed by atoms with Crippen LogP contribution >= 0.6 is 0 Å². The molecule has 1 aromatic heterocycles. The molecule has 1 aliphatic rings. The van der Waals surface area contributed by atoms with Gasteiger partial charge in [0.2, 0.25) is 0 Å². The Bertz CT molecular complexity index is 762. The van der Waals surface area contributed by atoms with Gasteiger partial charge in [0, 0.05) is 30.6 Å². The first kappa shape index (κ1) is 18.4. The number of anilines is 2. The molecule has 2 heterocycles. The zero-order chi connectivity index (χ0) is 18.6. The molecule has 0 saturated carbocycles. The number of nitrogens with zero attached hydrogens (tertiary/aromatic N) is 1. The molecule has 0 radical (unpaired) electrons. The van der Waals surface area contributed by atoms with Crippen LogP contribution in [-0.4, -0.2) is 30.1 Å².